The molecule has 3 amide bonds. The highest BCUT2D eigenvalue weighted by Crippen LogP contribution is 2.12. The van der Waals surface area contributed by atoms with Crippen molar-refractivity contribution in [1.29, 1.82) is 5.26 Å². The molecular formula is C24H21FN4O2. The molecule has 0 aliphatic rings. The minimum atomic E-state index is -0.625. The summed E-state index contributed by atoms with van der Waals surface area (Å²) in [4.78, 5) is 26.4. The molecular weight excluding hydrogens is 395 g/mol. The summed E-state index contributed by atoms with van der Waals surface area (Å²) in [6, 6.07) is 23.4. The standard InChI is InChI=1S/C24H21FN4O2/c25-21-6-4-5-20(13-21)16-29(15-19-11-9-18(14-26)10-12-19)17-23(30)28-24(31)27-22-7-2-1-3-8-22/h1-13H,15-17H2,(H2,27,28,30,31). The second-order valence-corrected chi connectivity index (χ2v) is 6.95. The number of imide groups is 1. The minimum Gasteiger partial charge on any atom is -0.308 e. The van der Waals surface area contributed by atoms with E-state index in [4.69, 9.17) is 5.26 Å². The molecule has 3 aromatic carbocycles. The van der Waals surface area contributed by atoms with Crippen LogP contribution in [0.2, 0.25) is 0 Å². The lowest BCUT2D eigenvalue weighted by atomic mass is 10.1. The topological polar surface area (TPSA) is 85.2 Å². The molecule has 0 atom stereocenters. The second-order valence-electron chi connectivity index (χ2n) is 6.95. The number of nitrogens with one attached hydrogen (secondary N) is 2. The third kappa shape index (κ3) is 7.07. The molecule has 0 fully saturated rings. The fraction of sp³-hybridized carbons (Fsp3) is 0.125. The fourth-order valence-corrected chi connectivity index (χ4v) is 3.06. The first-order valence-corrected chi connectivity index (χ1v) is 9.63. The van der Waals surface area contributed by atoms with E-state index in [-0.39, 0.29) is 12.4 Å². The Morgan fingerprint density at radius 1 is 0.903 bits per heavy atom. The number of carbonyl (C=O) groups is 2. The zero-order chi connectivity index (χ0) is 22.1. The van der Waals surface area contributed by atoms with Crippen LogP contribution >= 0.6 is 0 Å². The number of amides is 3. The third-order valence-electron chi connectivity index (χ3n) is 4.44. The van der Waals surface area contributed by atoms with E-state index in [9.17, 15) is 14.0 Å². The van der Waals surface area contributed by atoms with Gasteiger partial charge in [0.25, 0.3) is 0 Å². The summed E-state index contributed by atoms with van der Waals surface area (Å²) >= 11 is 0. The van der Waals surface area contributed by atoms with E-state index in [2.05, 4.69) is 16.7 Å². The van der Waals surface area contributed by atoms with Gasteiger partial charge in [-0.05, 0) is 47.5 Å². The van der Waals surface area contributed by atoms with E-state index in [1.165, 1.54) is 12.1 Å². The van der Waals surface area contributed by atoms with Crippen molar-refractivity contribution in [2.75, 3.05) is 11.9 Å². The Morgan fingerprint density at radius 3 is 2.29 bits per heavy atom. The number of hydrogen-bond acceptors (Lipinski definition) is 4. The molecule has 156 valence electrons. The number of carbonyl (C=O) groups excluding carboxylic acids is 2. The maximum absolute atomic E-state index is 13.6. The molecule has 0 heterocycles. The van der Waals surface area contributed by atoms with Gasteiger partial charge in [0.15, 0.2) is 0 Å². The Balaban J connectivity index is 1.66. The van der Waals surface area contributed by atoms with Crippen molar-refractivity contribution in [3.05, 3.63) is 101 Å². The first-order valence-electron chi connectivity index (χ1n) is 9.63. The lowest BCUT2D eigenvalue weighted by molar-refractivity contribution is -0.121. The molecule has 3 aromatic rings. The van der Waals surface area contributed by atoms with Crippen molar-refractivity contribution in [2.24, 2.45) is 0 Å². The molecule has 2 N–H and O–H groups in total. The van der Waals surface area contributed by atoms with Crippen molar-refractivity contribution in [1.82, 2.24) is 10.2 Å². The van der Waals surface area contributed by atoms with Gasteiger partial charge in [-0.25, -0.2) is 9.18 Å². The second kappa shape index (κ2) is 10.7. The van der Waals surface area contributed by atoms with Crippen molar-refractivity contribution >= 4 is 17.6 Å². The van der Waals surface area contributed by atoms with Gasteiger partial charge in [-0.2, -0.15) is 5.26 Å². The predicted octanol–water partition coefficient (Wildman–Crippen LogP) is 4.05. The van der Waals surface area contributed by atoms with Crippen LogP contribution in [0.25, 0.3) is 0 Å². The van der Waals surface area contributed by atoms with Crippen LogP contribution < -0.4 is 10.6 Å². The van der Waals surface area contributed by atoms with Gasteiger partial charge in [-0.1, -0.05) is 42.5 Å². The van der Waals surface area contributed by atoms with Crippen molar-refractivity contribution < 1.29 is 14.0 Å². The van der Waals surface area contributed by atoms with Gasteiger partial charge >= 0.3 is 6.03 Å². The first kappa shape index (κ1) is 21.7. The summed E-state index contributed by atoms with van der Waals surface area (Å²) in [5.74, 6) is -0.846. The summed E-state index contributed by atoms with van der Waals surface area (Å²) in [7, 11) is 0. The molecule has 0 unspecified atom stereocenters. The highest BCUT2D eigenvalue weighted by Gasteiger charge is 2.15. The largest absolute Gasteiger partial charge is 0.325 e. The summed E-state index contributed by atoms with van der Waals surface area (Å²) < 4.78 is 13.6. The van der Waals surface area contributed by atoms with Gasteiger partial charge in [-0.3, -0.25) is 15.0 Å². The van der Waals surface area contributed by atoms with Gasteiger partial charge in [0.2, 0.25) is 5.91 Å². The SMILES string of the molecule is N#Cc1ccc(CN(CC(=O)NC(=O)Nc2ccccc2)Cc2cccc(F)c2)cc1. The lowest BCUT2D eigenvalue weighted by Gasteiger charge is -2.22. The minimum absolute atomic E-state index is 0.0707. The van der Waals surface area contributed by atoms with Gasteiger partial charge in [0, 0.05) is 18.8 Å². The molecule has 6 nitrogen and oxygen atoms in total. The Kier molecular flexibility index (Phi) is 7.46. The summed E-state index contributed by atoms with van der Waals surface area (Å²) in [5.41, 5.74) is 2.70. The number of hydrogen-bond donors (Lipinski definition) is 2. The van der Waals surface area contributed by atoms with Crippen molar-refractivity contribution in [3.63, 3.8) is 0 Å². The van der Waals surface area contributed by atoms with E-state index in [1.807, 2.05) is 6.07 Å². The highest BCUT2D eigenvalue weighted by atomic mass is 19.1. The van der Waals surface area contributed by atoms with Crippen LogP contribution in [0, 0.1) is 17.1 Å². The maximum atomic E-state index is 13.6. The number of nitrogens with zero attached hydrogens (tertiary/aromatic N) is 2. The highest BCUT2D eigenvalue weighted by molar-refractivity contribution is 6.01. The first-order chi connectivity index (χ1) is 15.0. The molecule has 0 saturated heterocycles. The van der Waals surface area contributed by atoms with Crippen LogP contribution in [-0.4, -0.2) is 23.4 Å². The Bertz CT molecular complexity index is 1080. The average Bonchev–Trinajstić information content (AvgIpc) is 2.74. The molecule has 0 aliphatic heterocycles. The quantitative estimate of drug-likeness (QED) is 0.609. The molecule has 0 aromatic heterocycles. The van der Waals surface area contributed by atoms with Crippen LogP contribution in [0.1, 0.15) is 16.7 Å². The molecule has 7 heteroatoms. The Labute approximate surface area is 179 Å². The van der Waals surface area contributed by atoms with E-state index in [1.54, 1.807) is 65.6 Å². The molecule has 0 aliphatic carbocycles. The normalized spacial score (nSPS) is 10.4. The Hall–Kier alpha value is -4.02. The van der Waals surface area contributed by atoms with Crippen LogP contribution in [0.5, 0.6) is 0 Å². The zero-order valence-corrected chi connectivity index (χ0v) is 16.7. The average molecular weight is 416 g/mol. The smallest absolute Gasteiger partial charge is 0.308 e. The number of para-hydroxylation sites is 1. The van der Waals surface area contributed by atoms with Crippen molar-refractivity contribution in [2.45, 2.75) is 13.1 Å². The molecule has 3 rings (SSSR count). The number of anilines is 1. The van der Waals surface area contributed by atoms with Crippen LogP contribution in [0.3, 0.4) is 0 Å². The maximum Gasteiger partial charge on any atom is 0.325 e. The predicted molar refractivity (Wildman–Crippen MR) is 115 cm³/mol. The fourth-order valence-electron chi connectivity index (χ4n) is 3.06. The Morgan fingerprint density at radius 2 is 1.61 bits per heavy atom. The number of halogens is 1. The summed E-state index contributed by atoms with van der Waals surface area (Å²) in [5, 5.41) is 13.9. The van der Waals surface area contributed by atoms with Crippen molar-refractivity contribution in [3.8, 4) is 6.07 Å². The monoisotopic (exact) mass is 416 g/mol. The third-order valence-corrected chi connectivity index (χ3v) is 4.44. The van der Waals surface area contributed by atoms with Crippen LogP contribution in [-0.2, 0) is 17.9 Å². The molecule has 0 saturated carbocycles. The molecule has 31 heavy (non-hydrogen) atoms. The van der Waals surface area contributed by atoms with Gasteiger partial charge in [0.05, 0.1) is 18.2 Å². The van der Waals surface area contributed by atoms with E-state index in [0.29, 0.717) is 29.9 Å². The van der Waals surface area contributed by atoms with Gasteiger partial charge < -0.3 is 5.32 Å². The van der Waals surface area contributed by atoms with Gasteiger partial charge in [-0.15, -0.1) is 0 Å². The lowest BCUT2D eigenvalue weighted by Crippen LogP contribution is -2.41. The van der Waals surface area contributed by atoms with Gasteiger partial charge in [0.1, 0.15) is 5.82 Å². The van der Waals surface area contributed by atoms with E-state index < -0.39 is 11.9 Å². The number of benzene rings is 3. The van der Waals surface area contributed by atoms with Crippen LogP contribution in [0.15, 0.2) is 78.9 Å². The number of urea groups is 1. The zero-order valence-electron chi connectivity index (χ0n) is 16.7. The summed E-state index contributed by atoms with van der Waals surface area (Å²) in [6.07, 6.45) is 0. The molecule has 0 bridgehead atoms. The van der Waals surface area contributed by atoms with E-state index >= 15 is 0 Å². The van der Waals surface area contributed by atoms with E-state index in [0.717, 1.165) is 5.56 Å². The molecule has 0 radical (unpaired) electrons. The molecule has 0 spiro atoms. The number of nitriles is 1. The summed E-state index contributed by atoms with van der Waals surface area (Å²) in [6.45, 7) is 0.625. The number of rotatable bonds is 7. The van der Waals surface area contributed by atoms with Crippen LogP contribution in [0.4, 0.5) is 14.9 Å².